The van der Waals surface area contributed by atoms with Crippen LogP contribution in [0.3, 0.4) is 0 Å². The van der Waals surface area contributed by atoms with Crippen molar-refractivity contribution in [1.82, 2.24) is 9.13 Å². The zero-order chi connectivity index (χ0) is 41.2. The lowest BCUT2D eigenvalue weighted by Crippen LogP contribution is -1.98. The van der Waals surface area contributed by atoms with Gasteiger partial charge in [0.05, 0.1) is 22.4 Å². The molecule has 0 amide bonds. The summed E-state index contributed by atoms with van der Waals surface area (Å²) < 4.78 is 17.2. The van der Waals surface area contributed by atoms with Gasteiger partial charge in [0, 0.05) is 22.1 Å². The molecule has 2 aromatic heterocycles. The highest BCUT2D eigenvalue weighted by atomic mass is 16.5. The van der Waals surface area contributed by atoms with Gasteiger partial charge in [0.2, 0.25) is 0 Å². The second kappa shape index (κ2) is 16.0. The Morgan fingerprint density at radius 1 is 0.242 bits per heavy atom. The Balaban J connectivity index is 1.06. The van der Waals surface area contributed by atoms with Crippen LogP contribution in [0.1, 0.15) is 0 Å². The first-order chi connectivity index (χ1) is 30.7. The summed E-state index contributed by atoms with van der Waals surface area (Å²) in [5.74, 6) is 3.18. The van der Waals surface area contributed by atoms with Gasteiger partial charge >= 0.3 is 0 Å². The lowest BCUT2D eigenvalue weighted by atomic mass is 10.0. The molecule has 0 unspecified atom stereocenters. The highest BCUT2D eigenvalue weighted by molar-refractivity contribution is 6.02. The molecule has 0 bridgehead atoms. The van der Waals surface area contributed by atoms with Gasteiger partial charge in [-0.25, -0.2) is 0 Å². The van der Waals surface area contributed by atoms with Crippen LogP contribution in [-0.4, -0.2) is 9.13 Å². The van der Waals surface area contributed by atoms with Crippen molar-refractivity contribution in [2.45, 2.75) is 0 Å². The topological polar surface area (TPSA) is 28.3 Å². The molecule has 0 fully saturated rings. The van der Waals surface area contributed by atoms with Gasteiger partial charge in [0.1, 0.15) is 23.0 Å². The van der Waals surface area contributed by atoms with Crippen molar-refractivity contribution >= 4 is 21.8 Å². The molecule has 0 aliphatic carbocycles. The van der Waals surface area contributed by atoms with Crippen LogP contribution >= 0.6 is 0 Å². The van der Waals surface area contributed by atoms with Crippen molar-refractivity contribution in [2.24, 2.45) is 0 Å². The van der Waals surface area contributed by atoms with Crippen LogP contribution in [-0.2, 0) is 0 Å². The van der Waals surface area contributed by atoms with Gasteiger partial charge in [-0.3, -0.25) is 0 Å². The summed E-state index contributed by atoms with van der Waals surface area (Å²) in [6, 6.07) is 84.8. The van der Waals surface area contributed by atoms with E-state index >= 15 is 0 Å². The summed E-state index contributed by atoms with van der Waals surface area (Å²) >= 11 is 0. The van der Waals surface area contributed by atoms with E-state index in [2.05, 4.69) is 167 Å². The molecule has 2 heterocycles. The Morgan fingerprint density at radius 3 is 0.887 bits per heavy atom. The van der Waals surface area contributed by atoms with Crippen molar-refractivity contribution in [1.29, 1.82) is 0 Å². The largest absolute Gasteiger partial charge is 0.457 e. The minimum atomic E-state index is 0.785. The molecule has 0 spiro atoms. The van der Waals surface area contributed by atoms with E-state index in [1.807, 2.05) is 84.9 Å². The van der Waals surface area contributed by atoms with E-state index in [4.69, 9.17) is 9.47 Å². The predicted octanol–water partition coefficient (Wildman–Crippen LogP) is 15.8. The quantitative estimate of drug-likeness (QED) is 0.138. The highest BCUT2D eigenvalue weighted by Gasteiger charge is 2.19. The Morgan fingerprint density at radius 2 is 0.532 bits per heavy atom. The van der Waals surface area contributed by atoms with E-state index in [0.29, 0.717) is 0 Å². The number of aromatic nitrogens is 2. The molecule has 9 aromatic carbocycles. The fourth-order valence-electron chi connectivity index (χ4n) is 8.40. The van der Waals surface area contributed by atoms with Crippen LogP contribution in [0.15, 0.2) is 243 Å². The lowest BCUT2D eigenvalue weighted by molar-refractivity contribution is 0.482. The van der Waals surface area contributed by atoms with Crippen LogP contribution in [0.4, 0.5) is 0 Å². The number of fused-ring (bicyclic) bond motifs is 2. The van der Waals surface area contributed by atoms with Crippen molar-refractivity contribution < 1.29 is 9.47 Å². The molecule has 4 nitrogen and oxygen atoms in total. The molecular weight excluding hydrogens is 757 g/mol. The highest BCUT2D eigenvalue weighted by Crippen LogP contribution is 2.40. The summed E-state index contributed by atoms with van der Waals surface area (Å²) in [5, 5.41) is 2.28. The van der Waals surface area contributed by atoms with Gasteiger partial charge in [0.15, 0.2) is 0 Å². The first-order valence-electron chi connectivity index (χ1n) is 20.9. The van der Waals surface area contributed by atoms with E-state index < -0.39 is 0 Å². The molecule has 11 aromatic rings. The van der Waals surface area contributed by atoms with Crippen LogP contribution in [0.25, 0.3) is 77.9 Å². The third-order valence-corrected chi connectivity index (χ3v) is 11.4. The number of hydrogen-bond acceptors (Lipinski definition) is 2. The number of ether oxygens (including phenoxy) is 2. The maximum absolute atomic E-state index is 6.22. The second-order valence-corrected chi connectivity index (χ2v) is 15.4. The number of nitrogens with zero attached hydrogens (tertiary/aromatic N) is 2. The molecule has 0 aliphatic rings. The van der Waals surface area contributed by atoms with E-state index in [0.717, 1.165) is 78.7 Å². The van der Waals surface area contributed by atoms with E-state index in [-0.39, 0.29) is 0 Å². The molecule has 62 heavy (non-hydrogen) atoms. The Hall–Kier alpha value is -8.34. The van der Waals surface area contributed by atoms with Gasteiger partial charge in [-0.1, -0.05) is 146 Å². The molecule has 0 radical (unpaired) electrons. The number of benzene rings is 9. The summed E-state index contributed by atoms with van der Waals surface area (Å²) in [5.41, 5.74) is 13.6. The SMILES string of the molecule is c1ccc(Oc2ccc(-n3c(-c4ccc(-c5ccccc5)cc4)cc4cc5c(cc(-c6ccc(-c7ccccc7)cc6)n5-c5ccc(Oc6ccccc6)cc5)cc43)cc2)cc1. The monoisotopic (exact) mass is 796 g/mol. The zero-order valence-corrected chi connectivity index (χ0v) is 33.8. The van der Waals surface area contributed by atoms with E-state index in [1.54, 1.807) is 0 Å². The van der Waals surface area contributed by atoms with Gasteiger partial charge in [-0.05, 0) is 130 Å². The minimum Gasteiger partial charge on any atom is -0.457 e. The minimum absolute atomic E-state index is 0.785. The average molecular weight is 797 g/mol. The van der Waals surface area contributed by atoms with Crippen LogP contribution in [0, 0.1) is 0 Å². The fourth-order valence-corrected chi connectivity index (χ4v) is 8.40. The molecular formula is C58H40N2O2. The number of hydrogen-bond donors (Lipinski definition) is 0. The van der Waals surface area contributed by atoms with Crippen molar-refractivity contribution in [2.75, 3.05) is 0 Å². The van der Waals surface area contributed by atoms with Crippen LogP contribution < -0.4 is 9.47 Å². The number of rotatable bonds is 10. The molecule has 0 aliphatic heterocycles. The zero-order valence-electron chi connectivity index (χ0n) is 33.8. The second-order valence-electron chi connectivity index (χ2n) is 15.4. The maximum atomic E-state index is 6.22. The molecule has 4 heteroatoms. The smallest absolute Gasteiger partial charge is 0.127 e. The summed E-state index contributed by atoms with van der Waals surface area (Å²) in [7, 11) is 0. The van der Waals surface area contributed by atoms with Crippen molar-refractivity contribution in [3.63, 3.8) is 0 Å². The van der Waals surface area contributed by atoms with Crippen molar-refractivity contribution in [3.05, 3.63) is 243 Å². The molecule has 294 valence electrons. The molecule has 0 atom stereocenters. The normalized spacial score (nSPS) is 11.2. The first-order valence-corrected chi connectivity index (χ1v) is 20.9. The van der Waals surface area contributed by atoms with Crippen LogP contribution in [0.5, 0.6) is 23.0 Å². The Bertz CT molecular complexity index is 3040. The molecule has 0 saturated heterocycles. The van der Waals surface area contributed by atoms with Gasteiger partial charge in [0.25, 0.3) is 0 Å². The Labute approximate surface area is 360 Å². The number of para-hydroxylation sites is 2. The van der Waals surface area contributed by atoms with Gasteiger partial charge < -0.3 is 18.6 Å². The standard InChI is InChI=1S/C58H40N2O2/c1-5-13-41(14-6-1)43-21-25-45(26-22-43)55-37-47-39-58-48(40-57(47)59(55)49-29-33-53(34-30-49)61-51-17-9-3-10-18-51)38-56(46-27-23-44(24-28-46)42-15-7-2-8-16-42)60(58)50-31-35-54(36-32-50)62-52-19-11-4-12-20-52/h1-40H. The van der Waals surface area contributed by atoms with E-state index in [1.165, 1.54) is 22.3 Å². The van der Waals surface area contributed by atoms with Crippen LogP contribution in [0.2, 0.25) is 0 Å². The summed E-state index contributed by atoms with van der Waals surface area (Å²) in [6.07, 6.45) is 0. The lowest BCUT2D eigenvalue weighted by Gasteiger charge is -2.14. The summed E-state index contributed by atoms with van der Waals surface area (Å²) in [6.45, 7) is 0. The first kappa shape index (κ1) is 36.7. The molecule has 0 saturated carbocycles. The van der Waals surface area contributed by atoms with Gasteiger partial charge in [-0.15, -0.1) is 0 Å². The average Bonchev–Trinajstić information content (AvgIpc) is 3.91. The maximum Gasteiger partial charge on any atom is 0.127 e. The third kappa shape index (κ3) is 7.20. The fraction of sp³-hybridized carbons (Fsp3) is 0. The Kier molecular flexibility index (Phi) is 9.49. The predicted molar refractivity (Wildman–Crippen MR) is 255 cm³/mol. The van der Waals surface area contributed by atoms with Gasteiger partial charge in [-0.2, -0.15) is 0 Å². The molecule has 11 rings (SSSR count). The van der Waals surface area contributed by atoms with Crippen molar-refractivity contribution in [3.8, 4) is 79.1 Å². The van der Waals surface area contributed by atoms with E-state index in [9.17, 15) is 0 Å². The third-order valence-electron chi connectivity index (χ3n) is 11.4. The molecule has 0 N–H and O–H groups in total. The summed E-state index contributed by atoms with van der Waals surface area (Å²) in [4.78, 5) is 0.